The van der Waals surface area contributed by atoms with Crippen molar-refractivity contribution in [2.24, 2.45) is 0 Å². The second-order valence-electron chi connectivity index (χ2n) is 6.46. The number of ketones is 1. The SMILES string of the molecule is CCCn1c(N)c(C(=O)COC(=O)c2nc(-c3ccccc3)oc2C)c(=O)[nH]c1=O. The second-order valence-corrected chi connectivity index (χ2v) is 6.46. The van der Waals surface area contributed by atoms with Gasteiger partial charge in [-0.25, -0.2) is 14.6 Å². The highest BCUT2D eigenvalue weighted by Crippen LogP contribution is 2.21. The number of H-pyrrole nitrogens is 1. The minimum atomic E-state index is -0.935. The molecule has 1 aromatic carbocycles. The van der Waals surface area contributed by atoms with Crippen molar-refractivity contribution in [2.45, 2.75) is 26.8 Å². The van der Waals surface area contributed by atoms with E-state index < -0.39 is 35.2 Å². The Balaban J connectivity index is 1.78. The first-order chi connectivity index (χ1) is 14.3. The fourth-order valence-corrected chi connectivity index (χ4v) is 2.86. The van der Waals surface area contributed by atoms with Crippen LogP contribution in [-0.4, -0.2) is 32.9 Å². The number of Topliss-reactive ketones (excluding diaryl/α,β-unsaturated/α-hetero) is 1. The van der Waals surface area contributed by atoms with Gasteiger partial charge in [0.1, 0.15) is 17.1 Å². The van der Waals surface area contributed by atoms with Crippen molar-refractivity contribution in [1.29, 1.82) is 0 Å². The zero-order valence-electron chi connectivity index (χ0n) is 16.4. The normalized spacial score (nSPS) is 10.7. The first-order valence-corrected chi connectivity index (χ1v) is 9.19. The van der Waals surface area contributed by atoms with Gasteiger partial charge in [0.15, 0.2) is 12.3 Å². The van der Waals surface area contributed by atoms with Gasteiger partial charge in [-0.3, -0.25) is 19.1 Å². The molecule has 0 fully saturated rings. The van der Waals surface area contributed by atoms with Crippen LogP contribution in [0.5, 0.6) is 0 Å². The zero-order valence-corrected chi connectivity index (χ0v) is 16.4. The van der Waals surface area contributed by atoms with Crippen molar-refractivity contribution >= 4 is 17.6 Å². The Kier molecular flexibility index (Phi) is 5.95. The molecule has 2 aromatic heterocycles. The number of esters is 1. The highest BCUT2D eigenvalue weighted by atomic mass is 16.5. The predicted octanol–water partition coefficient (Wildman–Crippen LogP) is 1.53. The maximum atomic E-state index is 12.5. The third-order valence-electron chi connectivity index (χ3n) is 4.31. The summed E-state index contributed by atoms with van der Waals surface area (Å²) >= 11 is 0. The third kappa shape index (κ3) is 4.07. The molecule has 0 aliphatic rings. The molecular weight excluding hydrogens is 392 g/mol. The molecule has 0 saturated heterocycles. The van der Waals surface area contributed by atoms with E-state index in [1.165, 1.54) is 0 Å². The van der Waals surface area contributed by atoms with E-state index in [-0.39, 0.29) is 29.7 Å². The van der Waals surface area contributed by atoms with Gasteiger partial charge in [0.05, 0.1) is 0 Å². The van der Waals surface area contributed by atoms with Gasteiger partial charge in [-0.2, -0.15) is 0 Å². The fraction of sp³-hybridized carbons (Fsp3) is 0.250. The van der Waals surface area contributed by atoms with Crippen LogP contribution in [0, 0.1) is 6.92 Å². The Morgan fingerprint density at radius 1 is 1.23 bits per heavy atom. The van der Waals surface area contributed by atoms with Crippen LogP contribution >= 0.6 is 0 Å². The molecule has 0 radical (unpaired) electrons. The number of hydrogen-bond acceptors (Lipinski definition) is 8. The van der Waals surface area contributed by atoms with Crippen LogP contribution in [0.1, 0.15) is 40.0 Å². The number of ether oxygens (including phenoxy) is 1. The number of nitrogen functional groups attached to an aromatic ring is 1. The summed E-state index contributed by atoms with van der Waals surface area (Å²) in [6.07, 6.45) is 0.563. The molecule has 10 nitrogen and oxygen atoms in total. The largest absolute Gasteiger partial charge is 0.452 e. The van der Waals surface area contributed by atoms with Crippen LogP contribution in [0.3, 0.4) is 0 Å². The van der Waals surface area contributed by atoms with E-state index in [1.807, 2.05) is 18.0 Å². The summed E-state index contributed by atoms with van der Waals surface area (Å²) in [5.74, 6) is -1.53. The van der Waals surface area contributed by atoms with Gasteiger partial charge in [-0.05, 0) is 25.5 Å². The number of aromatic nitrogens is 3. The van der Waals surface area contributed by atoms with Crippen molar-refractivity contribution in [3.63, 3.8) is 0 Å². The Labute approximate surface area is 170 Å². The molecule has 3 aromatic rings. The van der Waals surface area contributed by atoms with E-state index in [9.17, 15) is 19.2 Å². The lowest BCUT2D eigenvalue weighted by molar-refractivity contribution is 0.0467. The average molecular weight is 412 g/mol. The Morgan fingerprint density at radius 2 is 1.93 bits per heavy atom. The number of oxazole rings is 1. The standard InChI is InChI=1S/C20H20N4O6/c1-3-9-24-16(21)14(17(26)23-20(24)28)13(25)10-29-19(27)15-11(2)30-18(22-15)12-7-5-4-6-8-12/h4-8H,3,9-10,21H2,1-2H3,(H,23,26,28). The smallest absolute Gasteiger partial charge is 0.361 e. The molecule has 156 valence electrons. The Hall–Kier alpha value is -3.95. The summed E-state index contributed by atoms with van der Waals surface area (Å²) in [7, 11) is 0. The highest BCUT2D eigenvalue weighted by molar-refractivity contribution is 6.02. The lowest BCUT2D eigenvalue weighted by Gasteiger charge is -2.11. The number of hydrogen-bond donors (Lipinski definition) is 2. The summed E-state index contributed by atoms with van der Waals surface area (Å²) in [4.78, 5) is 54.9. The average Bonchev–Trinajstić information content (AvgIpc) is 3.11. The van der Waals surface area contributed by atoms with Gasteiger partial charge < -0.3 is 14.9 Å². The molecule has 0 unspecified atom stereocenters. The number of aryl methyl sites for hydroxylation is 1. The van der Waals surface area contributed by atoms with E-state index in [2.05, 4.69) is 4.98 Å². The maximum absolute atomic E-state index is 12.5. The van der Waals surface area contributed by atoms with E-state index >= 15 is 0 Å². The summed E-state index contributed by atoms with van der Waals surface area (Å²) in [6.45, 7) is 2.83. The first kappa shape index (κ1) is 20.8. The lowest BCUT2D eigenvalue weighted by atomic mass is 10.2. The number of nitrogens with two attached hydrogens (primary N) is 1. The number of benzene rings is 1. The minimum Gasteiger partial charge on any atom is -0.452 e. The molecule has 0 aliphatic carbocycles. The van der Waals surface area contributed by atoms with Crippen LogP contribution in [0.25, 0.3) is 11.5 Å². The van der Waals surface area contributed by atoms with Crippen LogP contribution in [-0.2, 0) is 11.3 Å². The van der Waals surface area contributed by atoms with E-state index in [1.54, 1.807) is 31.2 Å². The summed E-state index contributed by atoms with van der Waals surface area (Å²) < 4.78 is 11.6. The molecule has 30 heavy (non-hydrogen) atoms. The molecule has 0 saturated carbocycles. The molecule has 10 heteroatoms. The number of anilines is 1. The van der Waals surface area contributed by atoms with Crippen LogP contribution in [0.15, 0.2) is 44.3 Å². The predicted molar refractivity (Wildman–Crippen MR) is 107 cm³/mol. The summed E-state index contributed by atoms with van der Waals surface area (Å²) in [5, 5.41) is 0. The molecule has 0 atom stereocenters. The van der Waals surface area contributed by atoms with Crippen molar-refractivity contribution in [2.75, 3.05) is 12.3 Å². The van der Waals surface area contributed by atoms with Crippen LogP contribution in [0.4, 0.5) is 5.82 Å². The molecule has 0 spiro atoms. The molecule has 0 amide bonds. The fourth-order valence-electron chi connectivity index (χ4n) is 2.86. The van der Waals surface area contributed by atoms with E-state index in [4.69, 9.17) is 14.9 Å². The lowest BCUT2D eigenvalue weighted by Crippen LogP contribution is -2.37. The third-order valence-corrected chi connectivity index (χ3v) is 4.31. The van der Waals surface area contributed by atoms with E-state index in [0.717, 1.165) is 4.57 Å². The van der Waals surface area contributed by atoms with Gasteiger partial charge in [-0.15, -0.1) is 0 Å². The van der Waals surface area contributed by atoms with Crippen molar-refractivity contribution in [3.05, 3.63) is 68.2 Å². The molecule has 3 rings (SSSR count). The minimum absolute atomic E-state index is 0.0838. The number of nitrogens with one attached hydrogen (secondary N) is 1. The van der Waals surface area contributed by atoms with Crippen molar-refractivity contribution < 1.29 is 18.7 Å². The molecule has 3 N–H and O–H groups in total. The quantitative estimate of drug-likeness (QED) is 0.438. The topological polar surface area (TPSA) is 150 Å². The van der Waals surface area contributed by atoms with Gasteiger partial charge in [0.25, 0.3) is 5.56 Å². The number of carbonyl (C=O) groups is 2. The molecule has 0 aliphatic heterocycles. The summed E-state index contributed by atoms with van der Waals surface area (Å²) in [5.41, 5.74) is 4.35. The second kappa shape index (κ2) is 8.60. The van der Waals surface area contributed by atoms with Crippen molar-refractivity contribution in [3.8, 4) is 11.5 Å². The number of nitrogens with zero attached hydrogens (tertiary/aromatic N) is 2. The number of aromatic amines is 1. The van der Waals surface area contributed by atoms with Crippen molar-refractivity contribution in [1.82, 2.24) is 14.5 Å². The van der Waals surface area contributed by atoms with Crippen LogP contribution < -0.4 is 17.0 Å². The maximum Gasteiger partial charge on any atom is 0.361 e. The van der Waals surface area contributed by atoms with Gasteiger partial charge >= 0.3 is 11.7 Å². The highest BCUT2D eigenvalue weighted by Gasteiger charge is 2.23. The summed E-state index contributed by atoms with van der Waals surface area (Å²) in [6, 6.07) is 8.96. The Morgan fingerprint density at radius 3 is 2.60 bits per heavy atom. The van der Waals surface area contributed by atoms with E-state index in [0.29, 0.717) is 12.0 Å². The molecule has 0 bridgehead atoms. The number of carbonyl (C=O) groups excluding carboxylic acids is 2. The Bertz CT molecular complexity index is 1210. The van der Waals surface area contributed by atoms with Crippen LogP contribution in [0.2, 0.25) is 0 Å². The molecule has 2 heterocycles. The van der Waals surface area contributed by atoms with Gasteiger partial charge in [0, 0.05) is 12.1 Å². The monoisotopic (exact) mass is 412 g/mol. The first-order valence-electron chi connectivity index (χ1n) is 9.19. The van der Waals surface area contributed by atoms with Gasteiger partial charge in [-0.1, -0.05) is 25.1 Å². The van der Waals surface area contributed by atoms with Gasteiger partial charge in [0.2, 0.25) is 11.7 Å². The zero-order chi connectivity index (χ0) is 21.8. The number of rotatable bonds is 7. The molecular formula is C20H20N4O6.